The molecule has 0 spiro atoms. The maximum absolute atomic E-state index is 14.1. The van der Waals surface area contributed by atoms with Gasteiger partial charge in [0.2, 0.25) is 11.7 Å². The van der Waals surface area contributed by atoms with Gasteiger partial charge in [-0.05, 0) is 76.9 Å². The number of tetrazole rings is 1. The molecule has 0 bridgehead atoms. The van der Waals surface area contributed by atoms with Crippen LogP contribution in [0.25, 0.3) is 33.5 Å². The number of benzene rings is 2. The lowest BCUT2D eigenvalue weighted by Gasteiger charge is -2.22. The van der Waals surface area contributed by atoms with Crippen LogP contribution in [0.5, 0.6) is 0 Å². The molecule has 204 valence electrons. The second kappa shape index (κ2) is 11.0. The van der Waals surface area contributed by atoms with Crippen LogP contribution in [0.1, 0.15) is 22.9 Å². The minimum Gasteiger partial charge on any atom is -0.361 e. The number of H-pyrrole nitrogens is 2. The van der Waals surface area contributed by atoms with E-state index in [-0.39, 0.29) is 18.7 Å². The molecule has 0 radical (unpaired) electrons. The fraction of sp³-hybridized carbons (Fsp3) is 0.103. The molecule has 0 saturated heterocycles. The summed E-state index contributed by atoms with van der Waals surface area (Å²) in [6.07, 6.45) is 4.81. The average Bonchev–Trinajstić information content (AvgIpc) is 3.63. The number of rotatable bonds is 8. The van der Waals surface area contributed by atoms with Crippen molar-refractivity contribution in [2.75, 3.05) is 0 Å². The lowest BCUT2D eigenvalue weighted by molar-refractivity contribution is -0.121. The third kappa shape index (κ3) is 5.66. The number of hydrogen-bond acceptors (Lipinski definition) is 6. The number of aromatic nitrogens is 7. The van der Waals surface area contributed by atoms with E-state index >= 15 is 0 Å². The summed E-state index contributed by atoms with van der Waals surface area (Å²) >= 11 is 0. The maximum Gasteiger partial charge on any atom is 0.225 e. The molecule has 12 heteroatoms. The minimum atomic E-state index is -0.774. The van der Waals surface area contributed by atoms with E-state index in [1.54, 1.807) is 42.9 Å². The Labute approximate surface area is 230 Å². The molecule has 0 aliphatic heterocycles. The molecule has 6 rings (SSSR count). The predicted molar refractivity (Wildman–Crippen MR) is 144 cm³/mol. The third-order valence-corrected chi connectivity index (χ3v) is 6.59. The number of carbonyl (C=O) groups is 1. The number of carbonyl (C=O) groups excluding carboxylic acids is 1. The van der Waals surface area contributed by atoms with Crippen LogP contribution in [0.15, 0.2) is 79.3 Å². The molecule has 4 aromatic heterocycles. The van der Waals surface area contributed by atoms with Crippen molar-refractivity contribution >= 4 is 16.8 Å². The topological polar surface area (TPSA) is 125 Å². The van der Waals surface area contributed by atoms with Crippen LogP contribution in [-0.2, 0) is 17.6 Å². The number of fused-ring (bicyclic) bond motifs is 1. The summed E-state index contributed by atoms with van der Waals surface area (Å²) in [6.45, 7) is 0. The lowest BCUT2D eigenvalue weighted by Crippen LogP contribution is -2.32. The van der Waals surface area contributed by atoms with Gasteiger partial charge in [0, 0.05) is 41.1 Å². The monoisotopic (exact) mass is 554 g/mol. The van der Waals surface area contributed by atoms with Crippen LogP contribution in [-0.4, -0.2) is 41.5 Å². The highest BCUT2D eigenvalue weighted by molar-refractivity contribution is 5.89. The van der Waals surface area contributed by atoms with Gasteiger partial charge in [-0.2, -0.15) is 5.21 Å². The van der Waals surface area contributed by atoms with Gasteiger partial charge >= 0.3 is 0 Å². The SMILES string of the molecule is O=C(Cc1c[nH]c2ccc(F)cc12)NC(Cc1cc(F)cc(F)c1)c1ncccc1-c1ccnc(-c2nn[nH]n2)c1. The third-order valence-electron chi connectivity index (χ3n) is 6.59. The number of amides is 1. The number of nitrogens with zero attached hydrogens (tertiary/aromatic N) is 5. The molecule has 0 saturated carbocycles. The lowest BCUT2D eigenvalue weighted by atomic mass is 9.95. The summed E-state index contributed by atoms with van der Waals surface area (Å²) in [7, 11) is 0. The fourth-order valence-electron chi connectivity index (χ4n) is 4.83. The number of nitrogens with one attached hydrogen (secondary N) is 3. The normalized spacial score (nSPS) is 12.0. The molecule has 1 unspecified atom stereocenters. The Bertz CT molecular complexity index is 1830. The van der Waals surface area contributed by atoms with E-state index in [9.17, 15) is 18.0 Å². The molecule has 0 fully saturated rings. The van der Waals surface area contributed by atoms with Gasteiger partial charge in [0.25, 0.3) is 0 Å². The number of pyridine rings is 2. The Morgan fingerprint density at radius 1 is 0.927 bits per heavy atom. The van der Waals surface area contributed by atoms with Gasteiger partial charge in [0.1, 0.15) is 23.1 Å². The number of hydrogen-bond donors (Lipinski definition) is 3. The van der Waals surface area contributed by atoms with Crippen LogP contribution in [0.3, 0.4) is 0 Å². The molecule has 3 N–H and O–H groups in total. The summed E-state index contributed by atoms with van der Waals surface area (Å²) in [5.41, 5.74) is 3.94. The van der Waals surface area contributed by atoms with E-state index in [1.165, 1.54) is 24.3 Å². The smallest absolute Gasteiger partial charge is 0.225 e. The van der Waals surface area contributed by atoms with Crippen molar-refractivity contribution in [1.29, 1.82) is 0 Å². The van der Waals surface area contributed by atoms with E-state index in [4.69, 9.17) is 0 Å². The van der Waals surface area contributed by atoms with Crippen molar-refractivity contribution < 1.29 is 18.0 Å². The predicted octanol–water partition coefficient (Wildman–Crippen LogP) is 4.87. The first-order valence-corrected chi connectivity index (χ1v) is 12.6. The summed E-state index contributed by atoms with van der Waals surface area (Å²) < 4.78 is 42.1. The summed E-state index contributed by atoms with van der Waals surface area (Å²) in [5.74, 6) is -1.96. The van der Waals surface area contributed by atoms with Gasteiger partial charge in [-0.1, -0.05) is 6.07 Å². The molecule has 1 amide bonds. The highest BCUT2D eigenvalue weighted by Crippen LogP contribution is 2.31. The van der Waals surface area contributed by atoms with E-state index in [0.29, 0.717) is 50.4 Å². The van der Waals surface area contributed by atoms with Gasteiger partial charge in [-0.15, -0.1) is 10.2 Å². The van der Waals surface area contributed by atoms with Gasteiger partial charge in [0.15, 0.2) is 0 Å². The van der Waals surface area contributed by atoms with Crippen molar-refractivity contribution in [2.24, 2.45) is 0 Å². The number of aromatic amines is 2. The molecular weight excluding hydrogens is 533 g/mol. The van der Waals surface area contributed by atoms with Gasteiger partial charge in [-0.25, -0.2) is 13.2 Å². The van der Waals surface area contributed by atoms with Crippen molar-refractivity contribution in [1.82, 2.24) is 40.9 Å². The first kappa shape index (κ1) is 25.9. The van der Waals surface area contributed by atoms with Gasteiger partial charge in [-0.3, -0.25) is 14.8 Å². The largest absolute Gasteiger partial charge is 0.361 e. The van der Waals surface area contributed by atoms with Crippen molar-refractivity contribution in [3.63, 3.8) is 0 Å². The van der Waals surface area contributed by atoms with E-state index in [1.807, 2.05) is 6.07 Å². The molecule has 6 aromatic rings. The average molecular weight is 555 g/mol. The Kier molecular flexibility index (Phi) is 6.94. The Morgan fingerprint density at radius 3 is 2.59 bits per heavy atom. The molecular formula is C29H21F3N8O. The Morgan fingerprint density at radius 2 is 1.78 bits per heavy atom. The zero-order valence-electron chi connectivity index (χ0n) is 21.3. The first-order valence-electron chi connectivity index (χ1n) is 12.6. The maximum atomic E-state index is 14.1. The van der Waals surface area contributed by atoms with Crippen LogP contribution in [0.2, 0.25) is 0 Å². The second-order valence-electron chi connectivity index (χ2n) is 9.38. The Balaban J connectivity index is 1.36. The summed E-state index contributed by atoms with van der Waals surface area (Å²) in [5, 5.41) is 17.5. The summed E-state index contributed by atoms with van der Waals surface area (Å²) in [6, 6.07) is 13.8. The van der Waals surface area contributed by atoms with Crippen LogP contribution < -0.4 is 5.32 Å². The molecule has 2 aromatic carbocycles. The zero-order valence-corrected chi connectivity index (χ0v) is 21.3. The second-order valence-corrected chi connectivity index (χ2v) is 9.38. The van der Waals surface area contributed by atoms with Crippen molar-refractivity contribution in [3.05, 3.63) is 114 Å². The molecule has 1 atom stereocenters. The zero-order chi connectivity index (χ0) is 28.3. The van der Waals surface area contributed by atoms with Crippen LogP contribution in [0.4, 0.5) is 13.2 Å². The van der Waals surface area contributed by atoms with Gasteiger partial charge in [0.05, 0.1) is 18.2 Å². The minimum absolute atomic E-state index is 0.0513. The van der Waals surface area contributed by atoms with Crippen LogP contribution in [0, 0.1) is 17.5 Å². The molecule has 0 aliphatic carbocycles. The quantitative estimate of drug-likeness (QED) is 0.247. The van der Waals surface area contributed by atoms with Crippen molar-refractivity contribution in [3.8, 4) is 22.6 Å². The number of halogens is 3. The standard InChI is InChI=1S/C29H21F3N8O/c30-19-3-4-24-23(14-19)18(15-35-24)12-27(41)36-25(10-16-8-20(31)13-21(32)9-16)28-22(2-1-6-34-28)17-5-7-33-26(11-17)29-37-39-40-38-29/h1-9,11,13-15,25,35H,10,12H2,(H,36,41)(H,37,38,39,40). The van der Waals surface area contributed by atoms with Crippen LogP contribution >= 0.6 is 0 Å². The van der Waals surface area contributed by atoms with E-state index < -0.39 is 23.5 Å². The molecule has 4 heterocycles. The first-order chi connectivity index (χ1) is 19.9. The van der Waals surface area contributed by atoms with E-state index in [2.05, 4.69) is 40.9 Å². The van der Waals surface area contributed by atoms with Gasteiger partial charge < -0.3 is 10.3 Å². The molecule has 41 heavy (non-hydrogen) atoms. The van der Waals surface area contributed by atoms with E-state index in [0.717, 1.165) is 6.07 Å². The summed E-state index contributed by atoms with van der Waals surface area (Å²) in [4.78, 5) is 25.3. The molecule has 9 nitrogen and oxygen atoms in total. The fourth-order valence-corrected chi connectivity index (χ4v) is 4.83. The highest BCUT2D eigenvalue weighted by atomic mass is 19.1. The Hall–Kier alpha value is -5.39. The highest BCUT2D eigenvalue weighted by Gasteiger charge is 2.23. The van der Waals surface area contributed by atoms with Crippen molar-refractivity contribution in [2.45, 2.75) is 18.9 Å². The molecule has 0 aliphatic rings.